The summed E-state index contributed by atoms with van der Waals surface area (Å²) in [6.07, 6.45) is 4.93. The molecule has 0 saturated heterocycles. The van der Waals surface area contributed by atoms with E-state index in [1.54, 1.807) is 0 Å². The smallest absolute Gasteiger partial charge is 0.0454 e. The van der Waals surface area contributed by atoms with Gasteiger partial charge in [-0.25, -0.2) is 0 Å². The molecule has 1 aromatic carbocycles. The van der Waals surface area contributed by atoms with Gasteiger partial charge in [0.1, 0.15) is 0 Å². The molecule has 2 N–H and O–H groups in total. The molecule has 1 atom stereocenters. The zero-order chi connectivity index (χ0) is 11.4. The first-order chi connectivity index (χ1) is 7.79. The van der Waals surface area contributed by atoms with E-state index in [0.717, 1.165) is 13.0 Å². The Morgan fingerprint density at radius 3 is 3.12 bits per heavy atom. The van der Waals surface area contributed by atoms with Gasteiger partial charge in [0.25, 0.3) is 0 Å². The number of aromatic amines is 1. The molecule has 2 rings (SSSR count). The maximum absolute atomic E-state index is 3.75. The minimum atomic E-state index is 0.486. The second kappa shape index (κ2) is 4.99. The number of aromatic nitrogens is 1. The molecule has 2 heteroatoms. The third kappa shape index (κ3) is 2.52. The molecule has 2 aromatic rings. The molecule has 0 fully saturated rings. The quantitative estimate of drug-likeness (QED) is 0.735. The first-order valence-corrected chi connectivity index (χ1v) is 5.70. The monoisotopic (exact) mass is 214 g/mol. The summed E-state index contributed by atoms with van der Waals surface area (Å²) in [5.74, 6) is 0. The van der Waals surface area contributed by atoms with Gasteiger partial charge in [-0.05, 0) is 42.5 Å². The highest BCUT2D eigenvalue weighted by Gasteiger charge is 2.00. The summed E-state index contributed by atoms with van der Waals surface area (Å²) < 4.78 is 0. The normalized spacial score (nSPS) is 12.8. The van der Waals surface area contributed by atoms with Crippen molar-refractivity contribution in [3.8, 4) is 0 Å². The number of fused-ring (bicyclic) bond motifs is 1. The van der Waals surface area contributed by atoms with Crippen molar-refractivity contribution in [3.05, 3.63) is 48.7 Å². The average Bonchev–Trinajstić information content (AvgIpc) is 2.74. The second-order valence-corrected chi connectivity index (χ2v) is 4.21. The maximum atomic E-state index is 3.75. The molecule has 0 bridgehead atoms. The number of nitrogens with one attached hydrogen (secondary N) is 2. The highest BCUT2D eigenvalue weighted by molar-refractivity contribution is 5.79. The van der Waals surface area contributed by atoms with E-state index in [-0.39, 0.29) is 0 Å². The van der Waals surface area contributed by atoms with Crippen molar-refractivity contribution in [2.75, 3.05) is 0 Å². The van der Waals surface area contributed by atoms with Crippen molar-refractivity contribution in [2.45, 2.75) is 25.9 Å². The molecule has 0 aliphatic rings. The first kappa shape index (κ1) is 11.0. The lowest BCUT2D eigenvalue weighted by molar-refractivity contribution is 0.554. The van der Waals surface area contributed by atoms with Crippen LogP contribution in [0.15, 0.2) is 43.1 Å². The zero-order valence-electron chi connectivity index (χ0n) is 9.66. The van der Waals surface area contributed by atoms with Crippen LogP contribution < -0.4 is 5.32 Å². The molecule has 16 heavy (non-hydrogen) atoms. The Morgan fingerprint density at radius 2 is 2.31 bits per heavy atom. The summed E-state index contributed by atoms with van der Waals surface area (Å²) in [5.41, 5.74) is 2.52. The van der Waals surface area contributed by atoms with Crippen molar-refractivity contribution in [3.63, 3.8) is 0 Å². The van der Waals surface area contributed by atoms with Crippen molar-refractivity contribution in [2.24, 2.45) is 0 Å². The van der Waals surface area contributed by atoms with Crippen LogP contribution in [0.1, 0.15) is 18.9 Å². The minimum absolute atomic E-state index is 0.486. The summed E-state index contributed by atoms with van der Waals surface area (Å²) in [5, 5.41) is 4.75. The lowest BCUT2D eigenvalue weighted by Gasteiger charge is -2.11. The summed E-state index contributed by atoms with van der Waals surface area (Å²) in [6.45, 7) is 6.84. The third-order valence-corrected chi connectivity index (χ3v) is 2.79. The molecule has 0 spiro atoms. The Labute approximate surface area is 96.4 Å². The van der Waals surface area contributed by atoms with E-state index in [1.165, 1.54) is 16.5 Å². The number of rotatable bonds is 5. The Hall–Kier alpha value is -1.54. The van der Waals surface area contributed by atoms with E-state index < -0.39 is 0 Å². The van der Waals surface area contributed by atoms with E-state index in [0.29, 0.717) is 6.04 Å². The molecule has 84 valence electrons. The van der Waals surface area contributed by atoms with Gasteiger partial charge in [0, 0.05) is 24.3 Å². The van der Waals surface area contributed by atoms with Crippen LogP contribution in [0.4, 0.5) is 0 Å². The molecule has 0 saturated carbocycles. The minimum Gasteiger partial charge on any atom is -0.361 e. The Bertz CT molecular complexity index is 470. The average molecular weight is 214 g/mol. The van der Waals surface area contributed by atoms with E-state index in [9.17, 15) is 0 Å². The molecular weight excluding hydrogens is 196 g/mol. The largest absolute Gasteiger partial charge is 0.361 e. The van der Waals surface area contributed by atoms with Crippen molar-refractivity contribution in [1.82, 2.24) is 10.3 Å². The van der Waals surface area contributed by atoms with Gasteiger partial charge in [-0.15, -0.1) is 6.58 Å². The maximum Gasteiger partial charge on any atom is 0.0454 e. The standard InChI is InChI=1S/C14H18N2/c1-3-4-11(2)16-10-12-5-6-14-13(9-12)7-8-15-14/h3,5-9,11,15-16H,1,4,10H2,2H3. The van der Waals surface area contributed by atoms with Gasteiger partial charge in [-0.1, -0.05) is 12.1 Å². The highest BCUT2D eigenvalue weighted by Crippen LogP contribution is 2.14. The molecule has 0 amide bonds. The van der Waals surface area contributed by atoms with Crippen LogP contribution in [0.2, 0.25) is 0 Å². The number of H-pyrrole nitrogens is 1. The second-order valence-electron chi connectivity index (χ2n) is 4.21. The van der Waals surface area contributed by atoms with Crippen LogP contribution in [0.3, 0.4) is 0 Å². The summed E-state index contributed by atoms with van der Waals surface area (Å²) in [7, 11) is 0. The van der Waals surface area contributed by atoms with Gasteiger partial charge in [0.05, 0.1) is 0 Å². The highest BCUT2D eigenvalue weighted by atomic mass is 14.9. The fourth-order valence-electron chi connectivity index (χ4n) is 1.84. The van der Waals surface area contributed by atoms with Crippen LogP contribution in [-0.4, -0.2) is 11.0 Å². The van der Waals surface area contributed by atoms with Crippen molar-refractivity contribution < 1.29 is 0 Å². The van der Waals surface area contributed by atoms with E-state index in [4.69, 9.17) is 0 Å². The van der Waals surface area contributed by atoms with Gasteiger partial charge >= 0.3 is 0 Å². The Kier molecular flexibility index (Phi) is 3.42. The molecule has 1 heterocycles. The zero-order valence-corrected chi connectivity index (χ0v) is 9.66. The predicted molar refractivity (Wildman–Crippen MR) is 69.4 cm³/mol. The lowest BCUT2D eigenvalue weighted by Crippen LogP contribution is -2.24. The Morgan fingerprint density at radius 1 is 1.44 bits per heavy atom. The molecule has 1 aromatic heterocycles. The van der Waals surface area contributed by atoms with Crippen LogP contribution in [0, 0.1) is 0 Å². The van der Waals surface area contributed by atoms with Crippen LogP contribution in [-0.2, 0) is 6.54 Å². The summed E-state index contributed by atoms with van der Waals surface area (Å²) >= 11 is 0. The summed E-state index contributed by atoms with van der Waals surface area (Å²) in [4.78, 5) is 3.20. The van der Waals surface area contributed by atoms with E-state index >= 15 is 0 Å². The molecule has 2 nitrogen and oxygen atoms in total. The van der Waals surface area contributed by atoms with Gasteiger partial charge in [-0.2, -0.15) is 0 Å². The molecule has 0 aliphatic carbocycles. The van der Waals surface area contributed by atoms with Gasteiger partial charge in [0.2, 0.25) is 0 Å². The predicted octanol–water partition coefficient (Wildman–Crippen LogP) is 3.22. The molecule has 0 radical (unpaired) electrons. The first-order valence-electron chi connectivity index (χ1n) is 5.70. The van der Waals surface area contributed by atoms with E-state index in [1.807, 2.05) is 12.3 Å². The molecule has 0 aliphatic heterocycles. The Balaban J connectivity index is 2.01. The van der Waals surface area contributed by atoms with Gasteiger partial charge in [0.15, 0.2) is 0 Å². The fourth-order valence-corrected chi connectivity index (χ4v) is 1.84. The fraction of sp³-hybridized carbons (Fsp3) is 0.286. The van der Waals surface area contributed by atoms with Crippen molar-refractivity contribution in [1.29, 1.82) is 0 Å². The molecule has 1 unspecified atom stereocenters. The topological polar surface area (TPSA) is 27.8 Å². The summed E-state index contributed by atoms with van der Waals surface area (Å²) in [6, 6.07) is 9.10. The number of hydrogen-bond donors (Lipinski definition) is 2. The third-order valence-electron chi connectivity index (χ3n) is 2.79. The number of hydrogen-bond acceptors (Lipinski definition) is 1. The van der Waals surface area contributed by atoms with Crippen LogP contribution >= 0.6 is 0 Å². The van der Waals surface area contributed by atoms with Crippen LogP contribution in [0.5, 0.6) is 0 Å². The van der Waals surface area contributed by atoms with Crippen molar-refractivity contribution >= 4 is 10.9 Å². The SMILES string of the molecule is C=CCC(C)NCc1ccc2[nH]ccc2c1. The van der Waals surface area contributed by atoms with E-state index in [2.05, 4.69) is 48.1 Å². The molecular formula is C14H18N2. The van der Waals surface area contributed by atoms with Gasteiger partial charge in [-0.3, -0.25) is 0 Å². The van der Waals surface area contributed by atoms with Crippen LogP contribution in [0.25, 0.3) is 10.9 Å². The number of benzene rings is 1. The lowest BCUT2D eigenvalue weighted by atomic mass is 10.1. The van der Waals surface area contributed by atoms with Gasteiger partial charge < -0.3 is 10.3 Å².